The number of hydrogen-bond donors (Lipinski definition) is 1. The molecule has 0 spiro atoms. The van der Waals surface area contributed by atoms with E-state index in [0.29, 0.717) is 19.6 Å². The summed E-state index contributed by atoms with van der Waals surface area (Å²) in [6.45, 7) is 7.40. The average molecular weight is 338 g/mol. The third-order valence-electron chi connectivity index (χ3n) is 4.45. The van der Waals surface area contributed by atoms with Crippen LogP contribution in [-0.4, -0.2) is 21.3 Å². The van der Waals surface area contributed by atoms with Crippen molar-refractivity contribution < 1.29 is 9.84 Å². The fraction of sp³-hybridized carbons (Fsp3) is 0.381. The van der Waals surface area contributed by atoms with Crippen LogP contribution < -0.4 is 4.74 Å². The molecule has 0 saturated carbocycles. The molecule has 0 amide bonds. The predicted molar refractivity (Wildman–Crippen MR) is 101 cm³/mol. The number of benzene rings is 2. The number of para-hydroxylation sites is 2. The third kappa shape index (κ3) is 3.85. The second-order valence-electron chi connectivity index (χ2n) is 6.53. The maximum atomic E-state index is 10.5. The Morgan fingerprint density at radius 1 is 1.16 bits per heavy atom. The molecule has 4 heteroatoms. The number of ether oxygens (including phenoxy) is 1. The quantitative estimate of drug-likeness (QED) is 0.687. The molecule has 4 nitrogen and oxygen atoms in total. The fourth-order valence-corrected chi connectivity index (χ4v) is 3.19. The topological polar surface area (TPSA) is 47.3 Å². The van der Waals surface area contributed by atoms with E-state index in [-0.39, 0.29) is 0 Å². The number of imidazole rings is 1. The summed E-state index contributed by atoms with van der Waals surface area (Å²) in [5.41, 5.74) is 4.33. The number of aliphatic hydroxyl groups excluding tert-OH is 1. The highest BCUT2D eigenvalue weighted by atomic mass is 16.5. The van der Waals surface area contributed by atoms with Crippen LogP contribution in [0.15, 0.2) is 42.5 Å². The predicted octanol–water partition coefficient (Wildman–Crippen LogP) is 4.57. The lowest BCUT2D eigenvalue weighted by Gasteiger charge is -2.15. The smallest absolute Gasteiger partial charge is 0.138 e. The molecule has 2 aromatic carbocycles. The van der Waals surface area contributed by atoms with Crippen LogP contribution in [-0.2, 0) is 6.54 Å². The van der Waals surface area contributed by atoms with Gasteiger partial charge in [-0.2, -0.15) is 0 Å². The highest BCUT2D eigenvalue weighted by Gasteiger charge is 2.17. The van der Waals surface area contributed by atoms with E-state index in [4.69, 9.17) is 4.74 Å². The fourth-order valence-electron chi connectivity index (χ4n) is 3.19. The van der Waals surface area contributed by atoms with E-state index < -0.39 is 6.10 Å². The van der Waals surface area contributed by atoms with Crippen LogP contribution in [0.4, 0.5) is 0 Å². The van der Waals surface area contributed by atoms with Gasteiger partial charge in [-0.1, -0.05) is 43.2 Å². The molecule has 0 aliphatic rings. The largest absolute Gasteiger partial charge is 0.491 e. The minimum Gasteiger partial charge on any atom is -0.491 e. The van der Waals surface area contributed by atoms with Gasteiger partial charge in [0, 0.05) is 0 Å². The van der Waals surface area contributed by atoms with Gasteiger partial charge >= 0.3 is 0 Å². The van der Waals surface area contributed by atoms with Crippen molar-refractivity contribution in [3.05, 3.63) is 59.4 Å². The van der Waals surface area contributed by atoms with E-state index in [2.05, 4.69) is 42.5 Å². The summed E-state index contributed by atoms with van der Waals surface area (Å²) in [4.78, 5) is 4.64. The van der Waals surface area contributed by atoms with E-state index in [9.17, 15) is 5.11 Å². The Labute approximate surface area is 149 Å². The molecular weight excluding hydrogens is 312 g/mol. The Morgan fingerprint density at radius 3 is 2.72 bits per heavy atom. The van der Waals surface area contributed by atoms with Gasteiger partial charge in [0.25, 0.3) is 0 Å². The number of aromatic nitrogens is 2. The van der Waals surface area contributed by atoms with Gasteiger partial charge in [0.15, 0.2) is 0 Å². The molecule has 0 radical (unpaired) electrons. The standard InChI is InChI=1S/C21H26N2O2/c1-4-7-19(24)21-22-17-8-5-6-9-18(17)23(21)12-13-25-20-11-10-15(2)14-16(20)3/h5-6,8-11,14,19,24H,4,7,12-13H2,1-3H3/t19-/m1/s1. The Bertz CT molecular complexity index is 854. The molecule has 132 valence electrons. The minimum absolute atomic E-state index is 0.538. The lowest BCUT2D eigenvalue weighted by Crippen LogP contribution is -2.14. The van der Waals surface area contributed by atoms with Crippen LogP contribution in [0.3, 0.4) is 0 Å². The lowest BCUT2D eigenvalue weighted by atomic mass is 10.1. The lowest BCUT2D eigenvalue weighted by molar-refractivity contribution is 0.151. The van der Waals surface area contributed by atoms with Gasteiger partial charge in [-0.15, -0.1) is 0 Å². The third-order valence-corrected chi connectivity index (χ3v) is 4.45. The summed E-state index contributed by atoms with van der Waals surface area (Å²) in [6, 6.07) is 14.2. The van der Waals surface area contributed by atoms with Crippen LogP contribution in [0.5, 0.6) is 5.75 Å². The monoisotopic (exact) mass is 338 g/mol. The highest BCUT2D eigenvalue weighted by Crippen LogP contribution is 2.24. The number of nitrogens with zero attached hydrogens (tertiary/aromatic N) is 2. The van der Waals surface area contributed by atoms with Crippen LogP contribution in [0.2, 0.25) is 0 Å². The second-order valence-corrected chi connectivity index (χ2v) is 6.53. The number of rotatable bonds is 7. The number of hydrogen-bond acceptors (Lipinski definition) is 3. The van der Waals surface area contributed by atoms with Gasteiger partial charge in [-0.05, 0) is 44.0 Å². The summed E-state index contributed by atoms with van der Waals surface area (Å²) in [6.07, 6.45) is 1.09. The molecule has 3 aromatic rings. The molecule has 0 aliphatic carbocycles. The van der Waals surface area contributed by atoms with Gasteiger partial charge in [-0.3, -0.25) is 0 Å². The van der Waals surface area contributed by atoms with Crippen molar-refractivity contribution in [2.45, 2.75) is 46.3 Å². The molecule has 1 atom stereocenters. The summed E-state index contributed by atoms with van der Waals surface area (Å²) < 4.78 is 8.06. The first kappa shape index (κ1) is 17.5. The first-order valence-corrected chi connectivity index (χ1v) is 8.93. The van der Waals surface area contributed by atoms with Crippen molar-refractivity contribution in [2.75, 3.05) is 6.61 Å². The van der Waals surface area contributed by atoms with Gasteiger partial charge < -0.3 is 14.4 Å². The number of fused-ring (bicyclic) bond motifs is 1. The molecule has 0 saturated heterocycles. The average Bonchev–Trinajstić information content (AvgIpc) is 2.96. The van der Waals surface area contributed by atoms with Gasteiger partial charge in [0.1, 0.15) is 24.3 Å². The van der Waals surface area contributed by atoms with Crippen molar-refractivity contribution in [3.8, 4) is 5.75 Å². The van der Waals surface area contributed by atoms with E-state index >= 15 is 0 Å². The van der Waals surface area contributed by atoms with Crippen LogP contribution in [0.25, 0.3) is 11.0 Å². The van der Waals surface area contributed by atoms with Crippen molar-refractivity contribution in [1.82, 2.24) is 9.55 Å². The Balaban J connectivity index is 1.81. The van der Waals surface area contributed by atoms with Crippen LogP contribution >= 0.6 is 0 Å². The van der Waals surface area contributed by atoms with Crippen LogP contribution in [0, 0.1) is 13.8 Å². The van der Waals surface area contributed by atoms with Gasteiger partial charge in [-0.25, -0.2) is 4.98 Å². The van der Waals surface area contributed by atoms with E-state index in [0.717, 1.165) is 34.6 Å². The zero-order valence-corrected chi connectivity index (χ0v) is 15.2. The number of aliphatic hydroxyl groups is 1. The van der Waals surface area contributed by atoms with Crippen molar-refractivity contribution in [1.29, 1.82) is 0 Å². The first-order chi connectivity index (χ1) is 12.1. The molecular formula is C21H26N2O2. The zero-order valence-electron chi connectivity index (χ0n) is 15.2. The summed E-state index contributed by atoms with van der Waals surface area (Å²) in [5.74, 6) is 1.64. The number of aryl methyl sites for hydroxylation is 2. The second kappa shape index (κ2) is 7.70. The molecule has 0 fully saturated rings. The van der Waals surface area contributed by atoms with Gasteiger partial charge in [0.2, 0.25) is 0 Å². The highest BCUT2D eigenvalue weighted by molar-refractivity contribution is 5.76. The maximum absolute atomic E-state index is 10.5. The molecule has 1 N–H and O–H groups in total. The Hall–Kier alpha value is -2.33. The Morgan fingerprint density at radius 2 is 1.96 bits per heavy atom. The van der Waals surface area contributed by atoms with E-state index in [1.807, 2.05) is 30.3 Å². The van der Waals surface area contributed by atoms with E-state index in [1.165, 1.54) is 5.56 Å². The molecule has 1 aromatic heterocycles. The molecule has 0 unspecified atom stereocenters. The van der Waals surface area contributed by atoms with Crippen molar-refractivity contribution >= 4 is 11.0 Å². The van der Waals surface area contributed by atoms with Crippen molar-refractivity contribution in [3.63, 3.8) is 0 Å². The molecule has 0 aliphatic heterocycles. The first-order valence-electron chi connectivity index (χ1n) is 8.93. The molecule has 25 heavy (non-hydrogen) atoms. The molecule has 0 bridgehead atoms. The van der Waals surface area contributed by atoms with Crippen molar-refractivity contribution in [2.24, 2.45) is 0 Å². The summed E-state index contributed by atoms with van der Waals surface area (Å²) in [7, 11) is 0. The molecule has 1 heterocycles. The summed E-state index contributed by atoms with van der Waals surface area (Å²) in [5, 5.41) is 10.5. The van der Waals surface area contributed by atoms with Gasteiger partial charge in [0.05, 0.1) is 17.6 Å². The van der Waals surface area contributed by atoms with Crippen LogP contribution in [0.1, 0.15) is 42.8 Å². The minimum atomic E-state index is -0.543. The molecule has 3 rings (SSSR count). The Kier molecular flexibility index (Phi) is 5.39. The van der Waals surface area contributed by atoms with E-state index in [1.54, 1.807) is 0 Å². The SMILES string of the molecule is CCC[C@@H](O)c1nc2ccccc2n1CCOc1ccc(C)cc1C. The normalized spacial score (nSPS) is 12.5. The summed E-state index contributed by atoms with van der Waals surface area (Å²) >= 11 is 0. The zero-order chi connectivity index (χ0) is 17.8. The maximum Gasteiger partial charge on any atom is 0.138 e.